The number of hydrogen-bond acceptors (Lipinski definition) is 5. The number of nitrogens with two attached hydrogens (primary N) is 1. The molecule has 0 aromatic heterocycles. The Balaban J connectivity index is 2.09. The zero-order chi connectivity index (χ0) is 22.1. The number of alkyl halides is 3. The van der Waals surface area contributed by atoms with Gasteiger partial charge in [-0.3, -0.25) is 9.59 Å². The minimum Gasteiger partial charge on any atom is -0.406 e. The van der Waals surface area contributed by atoms with Crippen molar-refractivity contribution in [2.75, 3.05) is 12.3 Å². The zero-order valence-corrected chi connectivity index (χ0v) is 16.4. The largest absolute Gasteiger partial charge is 0.573 e. The van der Waals surface area contributed by atoms with E-state index in [1.165, 1.54) is 42.1 Å². The lowest BCUT2D eigenvalue weighted by atomic mass is 9.94. The number of hydrogen-bond donors (Lipinski definition) is 2. The maximum Gasteiger partial charge on any atom is 0.573 e. The minimum atomic E-state index is -4.76. The number of nitrogens with one attached hydrogen (secondary N) is 1. The summed E-state index contributed by atoms with van der Waals surface area (Å²) in [6, 6.07) is 13.7. The second-order valence-corrected chi connectivity index (χ2v) is 7.12. The first-order valence-electron chi connectivity index (χ1n) is 8.67. The van der Waals surface area contributed by atoms with Crippen LogP contribution in [-0.2, 0) is 10.5 Å². The fraction of sp³-hybridized carbons (Fsp3) is 0.250. The topological polar surface area (TPSA) is 105 Å². The van der Waals surface area contributed by atoms with E-state index in [0.717, 1.165) is 5.56 Å². The molecule has 0 bridgehead atoms. The number of nitrogens with zero attached hydrogens (tertiary/aromatic N) is 1. The van der Waals surface area contributed by atoms with Gasteiger partial charge in [0.05, 0.1) is 12.0 Å². The Morgan fingerprint density at radius 2 is 1.83 bits per heavy atom. The van der Waals surface area contributed by atoms with Crippen LogP contribution in [0.25, 0.3) is 0 Å². The van der Waals surface area contributed by atoms with Crippen molar-refractivity contribution in [1.29, 1.82) is 5.26 Å². The summed E-state index contributed by atoms with van der Waals surface area (Å²) in [5.74, 6) is -1.48. The lowest BCUT2D eigenvalue weighted by Crippen LogP contribution is -2.32. The van der Waals surface area contributed by atoms with Crippen LogP contribution in [0.5, 0.6) is 5.75 Å². The molecule has 1 atom stereocenters. The highest BCUT2D eigenvalue weighted by atomic mass is 32.2. The zero-order valence-electron chi connectivity index (χ0n) is 15.6. The average Bonchev–Trinajstić information content (AvgIpc) is 2.69. The molecule has 0 aliphatic rings. The van der Waals surface area contributed by atoms with E-state index in [1.54, 1.807) is 18.2 Å². The molecule has 0 aliphatic heterocycles. The Hall–Kier alpha value is -3.19. The van der Waals surface area contributed by atoms with Gasteiger partial charge in [0, 0.05) is 17.1 Å². The van der Waals surface area contributed by atoms with Gasteiger partial charge in [-0.2, -0.15) is 17.0 Å². The van der Waals surface area contributed by atoms with Crippen molar-refractivity contribution in [2.24, 2.45) is 5.73 Å². The number of rotatable bonds is 9. The van der Waals surface area contributed by atoms with Crippen molar-refractivity contribution in [2.45, 2.75) is 18.0 Å². The Kier molecular flexibility index (Phi) is 8.12. The van der Waals surface area contributed by atoms with Crippen LogP contribution in [-0.4, -0.2) is 30.5 Å². The molecule has 0 saturated carbocycles. The average molecular weight is 437 g/mol. The van der Waals surface area contributed by atoms with Gasteiger partial charge < -0.3 is 15.8 Å². The van der Waals surface area contributed by atoms with Crippen LogP contribution < -0.4 is 15.8 Å². The molecule has 10 heteroatoms. The van der Waals surface area contributed by atoms with Gasteiger partial charge in [0.25, 0.3) is 0 Å². The normalized spacial score (nSPS) is 11.9. The highest BCUT2D eigenvalue weighted by Crippen LogP contribution is 2.28. The summed E-state index contributed by atoms with van der Waals surface area (Å²) in [6.07, 6.45) is -4.76. The van der Waals surface area contributed by atoms with Crippen molar-refractivity contribution < 1.29 is 27.5 Å². The van der Waals surface area contributed by atoms with Crippen molar-refractivity contribution in [3.8, 4) is 11.8 Å². The van der Waals surface area contributed by atoms with Gasteiger partial charge in [-0.1, -0.05) is 30.3 Å². The van der Waals surface area contributed by atoms with Crippen LogP contribution >= 0.6 is 11.8 Å². The summed E-state index contributed by atoms with van der Waals surface area (Å²) in [5.41, 5.74) is 6.80. The molecule has 0 spiro atoms. The quantitative estimate of drug-likeness (QED) is 0.586. The molecule has 3 N–H and O–H groups in total. The molecule has 1 unspecified atom stereocenters. The number of thioether (sulfide) groups is 1. The van der Waals surface area contributed by atoms with Crippen LogP contribution in [0.15, 0.2) is 48.5 Å². The van der Waals surface area contributed by atoms with Gasteiger partial charge in [0.15, 0.2) is 0 Å². The fourth-order valence-corrected chi connectivity index (χ4v) is 3.78. The first-order chi connectivity index (χ1) is 14.2. The molecule has 0 radical (unpaired) electrons. The Morgan fingerprint density at radius 3 is 2.43 bits per heavy atom. The lowest BCUT2D eigenvalue weighted by molar-refractivity contribution is -0.274. The summed E-state index contributed by atoms with van der Waals surface area (Å²) < 4.78 is 40.5. The van der Waals surface area contributed by atoms with Crippen molar-refractivity contribution in [3.63, 3.8) is 0 Å². The maximum absolute atomic E-state index is 12.5. The first kappa shape index (κ1) is 23.1. The van der Waals surface area contributed by atoms with Crippen molar-refractivity contribution in [1.82, 2.24) is 5.32 Å². The van der Waals surface area contributed by atoms with E-state index in [-0.39, 0.29) is 23.6 Å². The molecule has 2 aromatic carbocycles. The molecule has 2 amide bonds. The third-order valence-corrected chi connectivity index (χ3v) is 5.08. The van der Waals surface area contributed by atoms with E-state index < -0.39 is 24.1 Å². The predicted octanol–water partition coefficient (Wildman–Crippen LogP) is 3.34. The number of ether oxygens (including phenoxy) is 1. The summed E-state index contributed by atoms with van der Waals surface area (Å²) >= 11 is 1.35. The Bertz CT molecular complexity index is 927. The van der Waals surface area contributed by atoms with Gasteiger partial charge in [0.2, 0.25) is 11.8 Å². The van der Waals surface area contributed by atoms with Crippen LogP contribution in [0.3, 0.4) is 0 Å². The van der Waals surface area contributed by atoms with Gasteiger partial charge in [-0.15, -0.1) is 13.2 Å². The Morgan fingerprint density at radius 1 is 1.17 bits per heavy atom. The summed E-state index contributed by atoms with van der Waals surface area (Å²) in [7, 11) is 0. The molecule has 2 rings (SSSR count). The number of benzene rings is 2. The van der Waals surface area contributed by atoms with E-state index in [9.17, 15) is 22.8 Å². The molecular formula is C20H18F3N3O3S. The number of primary amides is 1. The fourth-order valence-electron chi connectivity index (χ4n) is 2.66. The molecule has 158 valence electrons. The lowest BCUT2D eigenvalue weighted by Gasteiger charge is -2.18. The smallest absolute Gasteiger partial charge is 0.406 e. The van der Waals surface area contributed by atoms with E-state index in [0.29, 0.717) is 11.3 Å². The van der Waals surface area contributed by atoms with Crippen molar-refractivity contribution >= 4 is 23.6 Å². The van der Waals surface area contributed by atoms with Crippen molar-refractivity contribution in [3.05, 3.63) is 65.2 Å². The number of amides is 2. The number of nitriles is 1. The second-order valence-electron chi connectivity index (χ2n) is 6.09. The molecular weight excluding hydrogens is 419 g/mol. The molecule has 0 heterocycles. The molecule has 2 aromatic rings. The van der Waals surface area contributed by atoms with Crippen LogP contribution in [0, 0.1) is 11.3 Å². The summed E-state index contributed by atoms with van der Waals surface area (Å²) in [4.78, 5) is 24.3. The maximum atomic E-state index is 12.5. The van der Waals surface area contributed by atoms with E-state index in [2.05, 4.69) is 10.1 Å². The third-order valence-electron chi connectivity index (χ3n) is 3.97. The highest BCUT2D eigenvalue weighted by molar-refractivity contribution is 7.98. The van der Waals surface area contributed by atoms with E-state index in [4.69, 9.17) is 11.0 Å². The SMILES string of the molecule is N#CCNC(=O)C(CSCc1ccc(OC(F)(F)F)cc1)c1ccccc1C(N)=O. The Labute approximate surface area is 175 Å². The number of carbonyl (C=O) groups is 2. The van der Waals surface area contributed by atoms with Gasteiger partial charge in [-0.25, -0.2) is 0 Å². The first-order valence-corrected chi connectivity index (χ1v) is 9.82. The highest BCUT2D eigenvalue weighted by Gasteiger charge is 2.31. The summed E-state index contributed by atoms with van der Waals surface area (Å²) in [5, 5.41) is 11.2. The van der Waals surface area contributed by atoms with E-state index in [1.807, 2.05) is 6.07 Å². The standard InChI is InChI=1S/C20H18F3N3O3S/c21-20(22,23)29-14-7-5-13(6-8-14)11-30-12-17(19(28)26-10-9-24)15-3-1-2-4-16(15)18(25)27/h1-8,17H,10-12H2,(H2,25,27)(H,26,28). The molecule has 0 fully saturated rings. The molecule has 30 heavy (non-hydrogen) atoms. The number of carbonyl (C=O) groups excluding carboxylic acids is 2. The summed E-state index contributed by atoms with van der Waals surface area (Å²) in [6.45, 7) is -0.181. The van der Waals surface area contributed by atoms with Gasteiger partial charge in [0.1, 0.15) is 12.3 Å². The van der Waals surface area contributed by atoms with Crippen LogP contribution in [0.2, 0.25) is 0 Å². The second kappa shape index (κ2) is 10.5. The third kappa shape index (κ3) is 7.00. The van der Waals surface area contributed by atoms with Crippen LogP contribution in [0.1, 0.15) is 27.4 Å². The number of halogens is 3. The van der Waals surface area contributed by atoms with E-state index >= 15 is 0 Å². The monoisotopic (exact) mass is 437 g/mol. The van der Waals surface area contributed by atoms with Gasteiger partial charge in [-0.05, 0) is 29.3 Å². The van der Waals surface area contributed by atoms with Crippen LogP contribution in [0.4, 0.5) is 13.2 Å². The molecule has 0 saturated heterocycles. The predicted molar refractivity (Wildman–Crippen MR) is 106 cm³/mol. The molecule has 0 aliphatic carbocycles. The molecule has 6 nitrogen and oxygen atoms in total. The minimum absolute atomic E-state index is 0.181. The van der Waals surface area contributed by atoms with Gasteiger partial charge >= 0.3 is 6.36 Å².